The molecule has 0 aliphatic carbocycles. The number of rotatable bonds is 8. The first kappa shape index (κ1) is 16.0. The summed E-state index contributed by atoms with van der Waals surface area (Å²) < 4.78 is 11.3. The highest BCUT2D eigenvalue weighted by molar-refractivity contribution is 5.43. The monoisotopic (exact) mass is 265 g/mol. The lowest BCUT2D eigenvalue weighted by atomic mass is 10.1. The van der Waals surface area contributed by atoms with Crippen molar-refractivity contribution in [2.24, 2.45) is 0 Å². The molecule has 0 radical (unpaired) electrons. The third-order valence-electron chi connectivity index (χ3n) is 2.88. The van der Waals surface area contributed by atoms with E-state index >= 15 is 0 Å². The predicted octanol–water partition coefficient (Wildman–Crippen LogP) is 3.22. The Labute approximate surface area is 117 Å². The minimum atomic E-state index is 0.258. The van der Waals surface area contributed by atoms with Crippen molar-refractivity contribution in [3.8, 4) is 5.75 Å². The Morgan fingerprint density at radius 3 is 2.26 bits per heavy atom. The van der Waals surface area contributed by atoms with Gasteiger partial charge in [-0.1, -0.05) is 19.1 Å². The van der Waals surface area contributed by atoms with E-state index in [1.54, 1.807) is 0 Å². The summed E-state index contributed by atoms with van der Waals surface area (Å²) in [6, 6.07) is 4.38. The van der Waals surface area contributed by atoms with Gasteiger partial charge in [-0.05, 0) is 50.9 Å². The minimum Gasteiger partial charge on any atom is -0.491 e. The number of ether oxygens (including phenoxy) is 2. The van der Waals surface area contributed by atoms with Crippen LogP contribution in [-0.2, 0) is 11.3 Å². The fourth-order valence-electron chi connectivity index (χ4n) is 2.07. The number of nitrogens with one attached hydrogen (secondary N) is 1. The summed E-state index contributed by atoms with van der Waals surface area (Å²) in [5.74, 6) is 0.993. The van der Waals surface area contributed by atoms with Crippen LogP contribution in [0, 0.1) is 13.8 Å². The average molecular weight is 265 g/mol. The molecule has 3 nitrogen and oxygen atoms in total. The van der Waals surface area contributed by atoms with Crippen LogP contribution in [0.5, 0.6) is 5.75 Å². The second-order valence-corrected chi connectivity index (χ2v) is 5.11. The average Bonchev–Trinajstić information content (AvgIpc) is 2.34. The lowest BCUT2D eigenvalue weighted by Gasteiger charge is -2.15. The van der Waals surface area contributed by atoms with Crippen LogP contribution in [0.2, 0.25) is 0 Å². The minimum absolute atomic E-state index is 0.258. The molecule has 1 N–H and O–H groups in total. The van der Waals surface area contributed by atoms with Crippen molar-refractivity contribution in [2.45, 2.75) is 47.3 Å². The molecule has 3 heteroatoms. The molecule has 0 amide bonds. The Morgan fingerprint density at radius 2 is 1.74 bits per heavy atom. The summed E-state index contributed by atoms with van der Waals surface area (Å²) in [5, 5.41) is 3.34. The molecule has 0 atom stereocenters. The fourth-order valence-corrected chi connectivity index (χ4v) is 2.07. The van der Waals surface area contributed by atoms with Crippen molar-refractivity contribution in [1.29, 1.82) is 0 Å². The van der Waals surface area contributed by atoms with Crippen LogP contribution in [-0.4, -0.2) is 25.9 Å². The van der Waals surface area contributed by atoms with Gasteiger partial charge in [0, 0.05) is 6.54 Å². The molecule has 0 aliphatic rings. The molecule has 0 heterocycles. The quantitative estimate of drug-likeness (QED) is 0.732. The van der Waals surface area contributed by atoms with Gasteiger partial charge in [0.25, 0.3) is 0 Å². The van der Waals surface area contributed by atoms with Crippen LogP contribution in [0.15, 0.2) is 12.1 Å². The molecular weight excluding hydrogens is 238 g/mol. The molecule has 108 valence electrons. The van der Waals surface area contributed by atoms with E-state index in [4.69, 9.17) is 9.47 Å². The maximum Gasteiger partial charge on any atom is 0.125 e. The molecule has 0 aliphatic heterocycles. The first-order valence-corrected chi connectivity index (χ1v) is 7.09. The van der Waals surface area contributed by atoms with E-state index in [-0.39, 0.29) is 6.10 Å². The molecule has 1 rings (SSSR count). The van der Waals surface area contributed by atoms with Crippen molar-refractivity contribution < 1.29 is 9.47 Å². The standard InChI is InChI=1S/C16H27NO2/c1-6-17-11-15-9-13(4)16(14(5)10-15)19-8-7-18-12(2)3/h9-10,12,17H,6-8,11H2,1-5H3. The highest BCUT2D eigenvalue weighted by Crippen LogP contribution is 2.24. The van der Waals surface area contributed by atoms with E-state index in [1.807, 2.05) is 13.8 Å². The Balaban J connectivity index is 2.58. The molecule has 1 aromatic rings. The molecule has 0 saturated heterocycles. The molecule has 0 saturated carbocycles. The largest absolute Gasteiger partial charge is 0.491 e. The molecule has 0 fully saturated rings. The summed E-state index contributed by atoms with van der Waals surface area (Å²) in [6.07, 6.45) is 0.258. The first-order chi connectivity index (χ1) is 9.04. The van der Waals surface area contributed by atoms with Gasteiger partial charge in [0.05, 0.1) is 12.7 Å². The highest BCUT2D eigenvalue weighted by Gasteiger charge is 2.06. The van der Waals surface area contributed by atoms with Crippen LogP contribution >= 0.6 is 0 Å². The number of hydrogen-bond donors (Lipinski definition) is 1. The van der Waals surface area contributed by atoms with Gasteiger partial charge in [-0.2, -0.15) is 0 Å². The van der Waals surface area contributed by atoms with Gasteiger partial charge in [0.15, 0.2) is 0 Å². The van der Waals surface area contributed by atoms with Gasteiger partial charge >= 0.3 is 0 Å². The van der Waals surface area contributed by atoms with E-state index in [1.165, 1.54) is 16.7 Å². The Kier molecular flexibility index (Phi) is 6.89. The molecule has 0 unspecified atom stereocenters. The van der Waals surface area contributed by atoms with E-state index < -0.39 is 0 Å². The van der Waals surface area contributed by atoms with Crippen LogP contribution in [0.4, 0.5) is 0 Å². The summed E-state index contributed by atoms with van der Waals surface area (Å²) in [5.41, 5.74) is 3.69. The van der Waals surface area contributed by atoms with Crippen molar-refractivity contribution in [3.63, 3.8) is 0 Å². The SMILES string of the molecule is CCNCc1cc(C)c(OCCOC(C)C)c(C)c1. The zero-order valence-corrected chi connectivity index (χ0v) is 12.9. The van der Waals surface area contributed by atoms with Crippen LogP contribution in [0.3, 0.4) is 0 Å². The second-order valence-electron chi connectivity index (χ2n) is 5.11. The molecule has 0 bridgehead atoms. The van der Waals surface area contributed by atoms with Crippen molar-refractivity contribution >= 4 is 0 Å². The fraction of sp³-hybridized carbons (Fsp3) is 0.625. The second kappa shape index (κ2) is 8.18. The number of hydrogen-bond acceptors (Lipinski definition) is 3. The molecule has 1 aromatic carbocycles. The maximum atomic E-state index is 5.83. The van der Waals surface area contributed by atoms with Crippen molar-refractivity contribution in [3.05, 3.63) is 28.8 Å². The smallest absolute Gasteiger partial charge is 0.125 e. The number of benzene rings is 1. The molecule has 0 spiro atoms. The molecule has 0 aromatic heterocycles. The highest BCUT2D eigenvalue weighted by atomic mass is 16.5. The van der Waals surface area contributed by atoms with Gasteiger partial charge < -0.3 is 14.8 Å². The van der Waals surface area contributed by atoms with E-state index in [0.29, 0.717) is 13.2 Å². The van der Waals surface area contributed by atoms with E-state index in [2.05, 4.69) is 38.2 Å². The Morgan fingerprint density at radius 1 is 1.11 bits per heavy atom. The predicted molar refractivity (Wildman–Crippen MR) is 79.9 cm³/mol. The summed E-state index contributed by atoms with van der Waals surface area (Å²) in [6.45, 7) is 13.5. The van der Waals surface area contributed by atoms with Crippen LogP contribution in [0.1, 0.15) is 37.5 Å². The van der Waals surface area contributed by atoms with Crippen LogP contribution in [0.25, 0.3) is 0 Å². The van der Waals surface area contributed by atoms with E-state index in [9.17, 15) is 0 Å². The van der Waals surface area contributed by atoms with Crippen molar-refractivity contribution in [2.75, 3.05) is 19.8 Å². The van der Waals surface area contributed by atoms with E-state index in [0.717, 1.165) is 18.8 Å². The first-order valence-electron chi connectivity index (χ1n) is 7.09. The Bertz CT molecular complexity index is 365. The van der Waals surface area contributed by atoms with Crippen molar-refractivity contribution in [1.82, 2.24) is 5.32 Å². The zero-order valence-electron chi connectivity index (χ0n) is 12.9. The van der Waals surface area contributed by atoms with Gasteiger partial charge in [-0.3, -0.25) is 0 Å². The number of aryl methyl sites for hydroxylation is 2. The summed E-state index contributed by atoms with van der Waals surface area (Å²) in [7, 11) is 0. The zero-order chi connectivity index (χ0) is 14.3. The topological polar surface area (TPSA) is 30.5 Å². The third kappa shape index (κ3) is 5.62. The Hall–Kier alpha value is -1.06. The van der Waals surface area contributed by atoms with Gasteiger partial charge in [-0.25, -0.2) is 0 Å². The van der Waals surface area contributed by atoms with Crippen LogP contribution < -0.4 is 10.1 Å². The van der Waals surface area contributed by atoms with Gasteiger partial charge in [0.2, 0.25) is 0 Å². The lowest BCUT2D eigenvalue weighted by Crippen LogP contribution is -2.14. The summed E-state index contributed by atoms with van der Waals surface area (Å²) in [4.78, 5) is 0. The lowest BCUT2D eigenvalue weighted by molar-refractivity contribution is 0.0550. The molecular formula is C16H27NO2. The van der Waals surface area contributed by atoms with Gasteiger partial charge in [-0.15, -0.1) is 0 Å². The van der Waals surface area contributed by atoms with Gasteiger partial charge in [0.1, 0.15) is 12.4 Å². The molecule has 19 heavy (non-hydrogen) atoms. The third-order valence-corrected chi connectivity index (χ3v) is 2.88. The maximum absolute atomic E-state index is 5.83. The normalized spacial score (nSPS) is 11.1. The summed E-state index contributed by atoms with van der Waals surface area (Å²) >= 11 is 0.